The van der Waals surface area contributed by atoms with Crippen LogP contribution in [0.5, 0.6) is 0 Å². The van der Waals surface area contributed by atoms with Gasteiger partial charge in [0, 0.05) is 11.5 Å². The molecule has 0 radical (unpaired) electrons. The van der Waals surface area contributed by atoms with Crippen LogP contribution in [0.15, 0.2) is 41.8 Å². The van der Waals surface area contributed by atoms with E-state index in [9.17, 15) is 9.59 Å². The van der Waals surface area contributed by atoms with E-state index in [-0.39, 0.29) is 18.4 Å². The standard InChI is InChI=1S/C15H15N3O2S/c1-11-10-21-15(17-11)18-14(20)9-16-13(19)8-7-12-5-3-2-4-6-12/h2-8,10H,9H2,1H3,(H,16,19)(H,17,18,20)/b8-7+. The predicted octanol–water partition coefficient (Wildman–Crippen LogP) is 2.22. The molecule has 5 nitrogen and oxygen atoms in total. The van der Waals surface area contributed by atoms with E-state index in [2.05, 4.69) is 15.6 Å². The number of nitrogens with zero attached hydrogens (tertiary/aromatic N) is 1. The molecule has 1 aromatic carbocycles. The number of carbonyl (C=O) groups is 2. The van der Waals surface area contributed by atoms with Crippen molar-refractivity contribution >= 4 is 34.4 Å². The molecule has 6 heteroatoms. The first kappa shape index (κ1) is 14.9. The first-order valence-corrected chi connectivity index (χ1v) is 7.24. The van der Waals surface area contributed by atoms with E-state index in [1.165, 1.54) is 17.4 Å². The Kier molecular flexibility index (Phi) is 5.22. The van der Waals surface area contributed by atoms with Crippen LogP contribution < -0.4 is 10.6 Å². The largest absolute Gasteiger partial charge is 0.343 e. The highest BCUT2D eigenvalue weighted by Crippen LogP contribution is 2.13. The zero-order valence-electron chi connectivity index (χ0n) is 11.5. The second-order valence-electron chi connectivity index (χ2n) is 4.30. The Morgan fingerprint density at radius 2 is 2.05 bits per heavy atom. The number of anilines is 1. The lowest BCUT2D eigenvalue weighted by atomic mass is 10.2. The number of thiazole rings is 1. The van der Waals surface area contributed by atoms with E-state index in [0.717, 1.165) is 11.3 Å². The molecule has 0 unspecified atom stereocenters. The SMILES string of the molecule is Cc1csc(NC(=O)CNC(=O)/C=C/c2ccccc2)n1. The molecule has 108 valence electrons. The molecule has 0 aliphatic carbocycles. The van der Waals surface area contributed by atoms with E-state index in [0.29, 0.717) is 5.13 Å². The minimum Gasteiger partial charge on any atom is -0.343 e. The van der Waals surface area contributed by atoms with Gasteiger partial charge in [-0.2, -0.15) is 0 Å². The van der Waals surface area contributed by atoms with Gasteiger partial charge in [0.05, 0.1) is 12.2 Å². The molecule has 21 heavy (non-hydrogen) atoms. The summed E-state index contributed by atoms with van der Waals surface area (Å²) in [4.78, 5) is 27.3. The number of rotatable bonds is 5. The maximum atomic E-state index is 11.6. The summed E-state index contributed by atoms with van der Waals surface area (Å²) >= 11 is 1.35. The minimum atomic E-state index is -0.315. The Bertz CT molecular complexity index is 650. The van der Waals surface area contributed by atoms with Crippen LogP contribution >= 0.6 is 11.3 Å². The van der Waals surface area contributed by atoms with E-state index < -0.39 is 0 Å². The Morgan fingerprint density at radius 1 is 1.29 bits per heavy atom. The lowest BCUT2D eigenvalue weighted by Gasteiger charge is -2.02. The van der Waals surface area contributed by atoms with Gasteiger partial charge >= 0.3 is 0 Å². The van der Waals surface area contributed by atoms with Gasteiger partial charge in [0.15, 0.2) is 5.13 Å². The molecule has 1 heterocycles. The lowest BCUT2D eigenvalue weighted by Crippen LogP contribution is -2.31. The van der Waals surface area contributed by atoms with Crippen LogP contribution in [0.25, 0.3) is 6.08 Å². The normalized spacial score (nSPS) is 10.5. The average Bonchev–Trinajstić information content (AvgIpc) is 2.89. The van der Waals surface area contributed by atoms with Crippen LogP contribution in [0.4, 0.5) is 5.13 Å². The summed E-state index contributed by atoms with van der Waals surface area (Å²) in [5.74, 6) is -0.616. The van der Waals surface area contributed by atoms with Gasteiger partial charge in [-0.15, -0.1) is 11.3 Å². The fourth-order valence-corrected chi connectivity index (χ4v) is 2.24. The quantitative estimate of drug-likeness (QED) is 0.832. The summed E-state index contributed by atoms with van der Waals surface area (Å²) in [5, 5.41) is 7.52. The number of hydrogen-bond acceptors (Lipinski definition) is 4. The zero-order chi connectivity index (χ0) is 15.1. The van der Waals surface area contributed by atoms with Crippen molar-refractivity contribution in [1.29, 1.82) is 0 Å². The van der Waals surface area contributed by atoms with Crippen molar-refractivity contribution in [3.05, 3.63) is 53.0 Å². The van der Waals surface area contributed by atoms with E-state index in [1.807, 2.05) is 42.6 Å². The van der Waals surface area contributed by atoms with Crippen molar-refractivity contribution in [3.8, 4) is 0 Å². The summed E-state index contributed by atoms with van der Waals surface area (Å²) in [6, 6.07) is 9.46. The summed E-state index contributed by atoms with van der Waals surface area (Å²) < 4.78 is 0. The molecule has 0 spiro atoms. The van der Waals surface area contributed by atoms with Crippen LogP contribution in [0.1, 0.15) is 11.3 Å². The van der Waals surface area contributed by atoms with Crippen LogP contribution in [0.3, 0.4) is 0 Å². The molecule has 0 atom stereocenters. The van der Waals surface area contributed by atoms with Gasteiger partial charge in [0.25, 0.3) is 0 Å². The highest BCUT2D eigenvalue weighted by Gasteiger charge is 2.06. The van der Waals surface area contributed by atoms with Crippen LogP contribution in [-0.2, 0) is 9.59 Å². The highest BCUT2D eigenvalue weighted by atomic mass is 32.1. The third-order valence-corrected chi connectivity index (χ3v) is 3.39. The molecule has 0 saturated carbocycles. The first-order valence-electron chi connectivity index (χ1n) is 6.36. The number of hydrogen-bond donors (Lipinski definition) is 2. The molecule has 2 amide bonds. The molecule has 0 fully saturated rings. The molecule has 2 N–H and O–H groups in total. The molecule has 0 bridgehead atoms. The monoisotopic (exact) mass is 301 g/mol. The van der Waals surface area contributed by atoms with Crippen molar-refractivity contribution in [2.24, 2.45) is 0 Å². The first-order chi connectivity index (χ1) is 10.1. The second kappa shape index (κ2) is 7.35. The van der Waals surface area contributed by atoms with Gasteiger partial charge < -0.3 is 10.6 Å². The molecule has 1 aromatic heterocycles. The van der Waals surface area contributed by atoms with Gasteiger partial charge in [-0.05, 0) is 18.6 Å². The van der Waals surface area contributed by atoms with Crippen molar-refractivity contribution in [2.75, 3.05) is 11.9 Å². The van der Waals surface area contributed by atoms with E-state index >= 15 is 0 Å². The maximum absolute atomic E-state index is 11.6. The number of amides is 2. The van der Waals surface area contributed by atoms with Crippen molar-refractivity contribution in [2.45, 2.75) is 6.92 Å². The number of aryl methyl sites for hydroxylation is 1. The third-order valence-electron chi connectivity index (χ3n) is 2.52. The molecule has 0 saturated heterocycles. The smallest absolute Gasteiger partial charge is 0.245 e. The fraction of sp³-hybridized carbons (Fsp3) is 0.133. The van der Waals surface area contributed by atoms with Gasteiger partial charge in [-0.1, -0.05) is 30.3 Å². The molecular formula is C15H15N3O2S. The number of nitrogens with one attached hydrogen (secondary N) is 2. The predicted molar refractivity (Wildman–Crippen MR) is 84.0 cm³/mol. The Morgan fingerprint density at radius 3 is 2.71 bits per heavy atom. The number of aromatic nitrogens is 1. The lowest BCUT2D eigenvalue weighted by molar-refractivity contribution is -0.121. The van der Waals surface area contributed by atoms with Crippen LogP contribution in [-0.4, -0.2) is 23.3 Å². The van der Waals surface area contributed by atoms with Gasteiger partial charge in [-0.3, -0.25) is 9.59 Å². The minimum absolute atomic E-state index is 0.0867. The second-order valence-corrected chi connectivity index (χ2v) is 5.16. The third kappa shape index (κ3) is 5.19. The molecule has 2 aromatic rings. The van der Waals surface area contributed by atoms with E-state index in [1.54, 1.807) is 6.08 Å². The van der Waals surface area contributed by atoms with Crippen LogP contribution in [0, 0.1) is 6.92 Å². The van der Waals surface area contributed by atoms with Crippen molar-refractivity contribution in [1.82, 2.24) is 10.3 Å². The average molecular weight is 301 g/mol. The van der Waals surface area contributed by atoms with Gasteiger partial charge in [0.2, 0.25) is 11.8 Å². The molecule has 0 aliphatic rings. The number of carbonyl (C=O) groups excluding carboxylic acids is 2. The van der Waals surface area contributed by atoms with Gasteiger partial charge in [-0.25, -0.2) is 4.98 Å². The maximum Gasteiger partial charge on any atom is 0.245 e. The van der Waals surface area contributed by atoms with Gasteiger partial charge in [0.1, 0.15) is 0 Å². The van der Waals surface area contributed by atoms with Crippen molar-refractivity contribution < 1.29 is 9.59 Å². The van der Waals surface area contributed by atoms with E-state index in [4.69, 9.17) is 0 Å². The number of benzene rings is 1. The zero-order valence-corrected chi connectivity index (χ0v) is 12.3. The highest BCUT2D eigenvalue weighted by molar-refractivity contribution is 7.13. The molecule has 0 aliphatic heterocycles. The summed E-state index contributed by atoms with van der Waals surface area (Å²) in [6.45, 7) is 1.76. The topological polar surface area (TPSA) is 71.1 Å². The van der Waals surface area contributed by atoms with Crippen molar-refractivity contribution in [3.63, 3.8) is 0 Å². The summed E-state index contributed by atoms with van der Waals surface area (Å²) in [6.07, 6.45) is 3.09. The van der Waals surface area contributed by atoms with Crippen LogP contribution in [0.2, 0.25) is 0 Å². The molecular weight excluding hydrogens is 286 g/mol. The summed E-state index contributed by atoms with van der Waals surface area (Å²) in [5.41, 5.74) is 1.78. The molecule has 2 rings (SSSR count). The Labute approximate surface area is 126 Å². The fourth-order valence-electron chi connectivity index (χ4n) is 1.54. The summed E-state index contributed by atoms with van der Waals surface area (Å²) in [7, 11) is 0. The Hall–Kier alpha value is -2.47. The Balaban J connectivity index is 1.76.